The molecular formula is C14H22N4O. The fourth-order valence-electron chi connectivity index (χ4n) is 2.57. The first-order chi connectivity index (χ1) is 9.11. The van der Waals surface area contributed by atoms with Gasteiger partial charge in [0.15, 0.2) is 0 Å². The molecule has 0 aliphatic carbocycles. The summed E-state index contributed by atoms with van der Waals surface area (Å²) in [5, 5.41) is 0. The van der Waals surface area contributed by atoms with E-state index >= 15 is 0 Å². The summed E-state index contributed by atoms with van der Waals surface area (Å²) >= 11 is 0. The molecule has 1 fully saturated rings. The lowest BCUT2D eigenvalue weighted by molar-refractivity contribution is 0.0670. The highest BCUT2D eigenvalue weighted by Gasteiger charge is 2.27. The van der Waals surface area contributed by atoms with Crippen LogP contribution in [0.25, 0.3) is 0 Å². The Morgan fingerprint density at radius 1 is 1.53 bits per heavy atom. The average molecular weight is 262 g/mol. The molecule has 19 heavy (non-hydrogen) atoms. The predicted octanol–water partition coefficient (Wildman–Crippen LogP) is 1.22. The Morgan fingerprint density at radius 2 is 2.32 bits per heavy atom. The van der Waals surface area contributed by atoms with Crippen LogP contribution in [-0.4, -0.2) is 53.4 Å². The first-order valence-corrected chi connectivity index (χ1v) is 6.83. The van der Waals surface area contributed by atoms with Crippen LogP contribution in [0, 0.1) is 0 Å². The Hall–Kier alpha value is -1.62. The lowest BCUT2D eigenvalue weighted by Gasteiger charge is -2.30. The molecule has 0 saturated carbocycles. The first-order valence-electron chi connectivity index (χ1n) is 6.83. The van der Waals surface area contributed by atoms with Crippen LogP contribution >= 0.6 is 0 Å². The van der Waals surface area contributed by atoms with E-state index in [0.717, 1.165) is 32.5 Å². The minimum atomic E-state index is -0.00514. The average Bonchev–Trinajstić information content (AvgIpc) is 2.59. The number of nitrogen functional groups attached to an aromatic ring is 1. The van der Waals surface area contributed by atoms with Gasteiger partial charge in [-0.25, -0.2) is 0 Å². The van der Waals surface area contributed by atoms with E-state index in [-0.39, 0.29) is 11.9 Å². The topological polar surface area (TPSA) is 62.5 Å². The number of carbonyl (C=O) groups excluding carboxylic acids is 1. The summed E-state index contributed by atoms with van der Waals surface area (Å²) in [4.78, 5) is 21.0. The highest BCUT2D eigenvalue weighted by molar-refractivity contribution is 5.93. The van der Waals surface area contributed by atoms with Crippen molar-refractivity contribution in [2.45, 2.75) is 25.8 Å². The number of aromatic nitrogens is 1. The number of rotatable bonds is 2. The molecule has 2 rings (SSSR count). The van der Waals surface area contributed by atoms with Crippen molar-refractivity contribution in [3.05, 3.63) is 24.0 Å². The Labute approximate surface area is 114 Å². The van der Waals surface area contributed by atoms with Gasteiger partial charge in [-0.3, -0.25) is 9.78 Å². The van der Waals surface area contributed by atoms with Crippen LogP contribution in [0.5, 0.6) is 0 Å². The van der Waals surface area contributed by atoms with Crippen molar-refractivity contribution in [1.29, 1.82) is 0 Å². The molecule has 2 heterocycles. The standard InChI is InChI=1S/C14H22N4O/c1-3-12-10-17(2)7-4-8-18(12)14(19)13-9-11(15)5-6-16-13/h5-6,9,12H,3-4,7-8,10H2,1-2H3,(H2,15,16). The smallest absolute Gasteiger partial charge is 0.272 e. The molecule has 0 spiro atoms. The summed E-state index contributed by atoms with van der Waals surface area (Å²) in [6, 6.07) is 3.61. The van der Waals surface area contributed by atoms with Crippen LogP contribution in [0.15, 0.2) is 18.3 Å². The third-order valence-electron chi connectivity index (χ3n) is 3.64. The molecular weight excluding hydrogens is 240 g/mol. The molecule has 1 unspecified atom stereocenters. The van der Waals surface area contributed by atoms with Crippen LogP contribution in [0.4, 0.5) is 5.69 Å². The lowest BCUT2D eigenvalue weighted by atomic mass is 10.1. The largest absolute Gasteiger partial charge is 0.399 e. The fraction of sp³-hybridized carbons (Fsp3) is 0.571. The monoisotopic (exact) mass is 262 g/mol. The molecule has 0 radical (unpaired) electrons. The second kappa shape index (κ2) is 6.02. The molecule has 1 atom stereocenters. The summed E-state index contributed by atoms with van der Waals surface area (Å²) in [7, 11) is 2.11. The van der Waals surface area contributed by atoms with Gasteiger partial charge >= 0.3 is 0 Å². The molecule has 1 saturated heterocycles. The van der Waals surface area contributed by atoms with Crippen molar-refractivity contribution in [2.75, 3.05) is 32.4 Å². The molecule has 0 aromatic carbocycles. The fourth-order valence-corrected chi connectivity index (χ4v) is 2.57. The SMILES string of the molecule is CCC1CN(C)CCCN1C(=O)c1cc(N)ccn1. The van der Waals surface area contributed by atoms with Crippen molar-refractivity contribution in [3.8, 4) is 0 Å². The number of amides is 1. The predicted molar refractivity (Wildman–Crippen MR) is 75.9 cm³/mol. The number of nitrogens with two attached hydrogens (primary N) is 1. The van der Waals surface area contributed by atoms with Crippen LogP contribution in [-0.2, 0) is 0 Å². The Bertz CT molecular complexity index is 449. The number of hydrogen-bond acceptors (Lipinski definition) is 4. The van der Waals surface area contributed by atoms with Gasteiger partial charge in [0.1, 0.15) is 5.69 Å². The van der Waals surface area contributed by atoms with E-state index in [4.69, 9.17) is 5.73 Å². The Kier molecular flexibility index (Phi) is 4.37. The van der Waals surface area contributed by atoms with Crippen molar-refractivity contribution >= 4 is 11.6 Å². The molecule has 5 nitrogen and oxygen atoms in total. The molecule has 2 N–H and O–H groups in total. The van der Waals surface area contributed by atoms with E-state index in [2.05, 4.69) is 23.9 Å². The minimum Gasteiger partial charge on any atom is -0.399 e. The summed E-state index contributed by atoms with van der Waals surface area (Å²) in [5.74, 6) is -0.00514. The summed E-state index contributed by atoms with van der Waals surface area (Å²) < 4.78 is 0. The van der Waals surface area contributed by atoms with Crippen LogP contribution in [0.3, 0.4) is 0 Å². The maximum absolute atomic E-state index is 12.6. The zero-order valence-electron chi connectivity index (χ0n) is 11.7. The number of pyridine rings is 1. The number of likely N-dealkylation sites (N-methyl/N-ethyl adjacent to an activating group) is 1. The van der Waals surface area contributed by atoms with Crippen LogP contribution in [0.2, 0.25) is 0 Å². The summed E-state index contributed by atoms with van der Waals surface area (Å²) in [6.45, 7) is 4.87. The third kappa shape index (κ3) is 3.23. The van der Waals surface area contributed by atoms with E-state index in [0.29, 0.717) is 11.4 Å². The minimum absolute atomic E-state index is 0.00514. The second-order valence-corrected chi connectivity index (χ2v) is 5.15. The molecule has 1 aliphatic heterocycles. The second-order valence-electron chi connectivity index (χ2n) is 5.15. The highest BCUT2D eigenvalue weighted by atomic mass is 16.2. The zero-order chi connectivity index (χ0) is 13.8. The van der Waals surface area contributed by atoms with Gasteiger partial charge in [0, 0.05) is 31.0 Å². The third-order valence-corrected chi connectivity index (χ3v) is 3.64. The summed E-state index contributed by atoms with van der Waals surface area (Å²) in [6.07, 6.45) is 3.55. The number of nitrogens with zero attached hydrogens (tertiary/aromatic N) is 3. The molecule has 104 valence electrons. The van der Waals surface area contributed by atoms with Crippen molar-refractivity contribution < 1.29 is 4.79 Å². The Balaban J connectivity index is 2.20. The zero-order valence-corrected chi connectivity index (χ0v) is 11.7. The molecule has 5 heteroatoms. The van der Waals surface area contributed by atoms with E-state index in [1.54, 1.807) is 18.3 Å². The van der Waals surface area contributed by atoms with E-state index in [1.807, 2.05) is 4.90 Å². The maximum Gasteiger partial charge on any atom is 0.272 e. The van der Waals surface area contributed by atoms with Gasteiger partial charge in [-0.15, -0.1) is 0 Å². The van der Waals surface area contributed by atoms with Crippen LogP contribution in [0.1, 0.15) is 30.3 Å². The first kappa shape index (κ1) is 13.8. The maximum atomic E-state index is 12.6. The van der Waals surface area contributed by atoms with Gasteiger partial charge < -0.3 is 15.5 Å². The van der Waals surface area contributed by atoms with Gasteiger partial charge in [0.05, 0.1) is 0 Å². The summed E-state index contributed by atoms with van der Waals surface area (Å²) in [5.41, 5.74) is 6.76. The molecule has 0 bridgehead atoms. The normalized spacial score (nSPS) is 21.2. The molecule has 1 aromatic rings. The number of hydrogen-bond donors (Lipinski definition) is 1. The van der Waals surface area contributed by atoms with Gasteiger partial charge in [-0.2, -0.15) is 0 Å². The quantitative estimate of drug-likeness (QED) is 0.870. The van der Waals surface area contributed by atoms with E-state index < -0.39 is 0 Å². The Morgan fingerprint density at radius 3 is 3.00 bits per heavy atom. The number of carbonyl (C=O) groups is 1. The highest BCUT2D eigenvalue weighted by Crippen LogP contribution is 2.16. The lowest BCUT2D eigenvalue weighted by Crippen LogP contribution is -2.43. The van der Waals surface area contributed by atoms with Crippen molar-refractivity contribution in [2.24, 2.45) is 0 Å². The van der Waals surface area contributed by atoms with E-state index in [9.17, 15) is 4.79 Å². The van der Waals surface area contributed by atoms with Crippen LogP contribution < -0.4 is 5.73 Å². The number of anilines is 1. The van der Waals surface area contributed by atoms with Gasteiger partial charge in [0.25, 0.3) is 5.91 Å². The van der Waals surface area contributed by atoms with Crippen molar-refractivity contribution in [3.63, 3.8) is 0 Å². The van der Waals surface area contributed by atoms with Gasteiger partial charge in [-0.05, 0) is 38.6 Å². The molecule has 1 aliphatic rings. The van der Waals surface area contributed by atoms with Gasteiger partial charge in [0.2, 0.25) is 0 Å². The van der Waals surface area contributed by atoms with Crippen molar-refractivity contribution in [1.82, 2.24) is 14.8 Å². The van der Waals surface area contributed by atoms with E-state index in [1.165, 1.54) is 0 Å². The van der Waals surface area contributed by atoms with Gasteiger partial charge in [-0.1, -0.05) is 6.92 Å². The molecule has 1 aromatic heterocycles. The molecule has 1 amide bonds.